The van der Waals surface area contributed by atoms with Crippen LogP contribution in [-0.2, 0) is 10.1 Å². The van der Waals surface area contributed by atoms with Gasteiger partial charge in [-0.05, 0) is 13.0 Å². The van der Waals surface area contributed by atoms with Crippen molar-refractivity contribution in [2.75, 3.05) is 6.61 Å². The van der Waals surface area contributed by atoms with Crippen molar-refractivity contribution in [1.29, 1.82) is 0 Å². The minimum atomic E-state index is -4.49. The molecule has 1 heterocycles. The molecule has 2 aromatic rings. The molecule has 17 heavy (non-hydrogen) atoms. The minimum Gasteiger partial charge on any atom is -0.744 e. The van der Waals surface area contributed by atoms with Crippen LogP contribution in [0.2, 0.25) is 0 Å². The van der Waals surface area contributed by atoms with Gasteiger partial charge < -0.3 is 9.29 Å². The second-order valence-corrected chi connectivity index (χ2v) is 4.74. The molecule has 0 bridgehead atoms. The van der Waals surface area contributed by atoms with Crippen LogP contribution in [0.5, 0.6) is 5.88 Å². The van der Waals surface area contributed by atoms with Crippen molar-refractivity contribution in [3.8, 4) is 5.88 Å². The number of hydrogen-bond donors (Lipinski definition) is 0. The van der Waals surface area contributed by atoms with Crippen LogP contribution >= 0.6 is 0 Å². The fourth-order valence-electron chi connectivity index (χ4n) is 1.57. The van der Waals surface area contributed by atoms with E-state index in [0.29, 0.717) is 23.3 Å². The summed E-state index contributed by atoms with van der Waals surface area (Å²) in [5.74, 6) is 0.302. The Hall–Kier alpha value is -1.66. The van der Waals surface area contributed by atoms with Gasteiger partial charge >= 0.3 is 0 Å². The average molecular weight is 252 g/mol. The molecular weight excluding hydrogens is 242 g/mol. The van der Waals surface area contributed by atoms with Crippen LogP contribution in [0.4, 0.5) is 0 Å². The number of fused-ring (bicyclic) bond motifs is 1. The number of benzene rings is 1. The molecule has 0 aliphatic rings. The molecule has 0 amide bonds. The molecule has 1 aromatic heterocycles. The maximum absolute atomic E-state index is 11.1. The molecule has 0 saturated heterocycles. The lowest BCUT2D eigenvalue weighted by atomic mass is 10.2. The highest BCUT2D eigenvalue weighted by molar-refractivity contribution is 7.86. The normalized spacial score (nSPS) is 11.6. The molecule has 1 aromatic carbocycles. The number of ether oxygens (including phenoxy) is 1. The van der Waals surface area contributed by atoms with Gasteiger partial charge in [-0.2, -0.15) is 0 Å². The van der Waals surface area contributed by atoms with Gasteiger partial charge in [-0.25, -0.2) is 13.4 Å². The van der Waals surface area contributed by atoms with Crippen molar-refractivity contribution in [2.45, 2.75) is 11.8 Å². The van der Waals surface area contributed by atoms with Gasteiger partial charge in [-0.3, -0.25) is 0 Å². The van der Waals surface area contributed by atoms with Gasteiger partial charge in [0, 0.05) is 23.0 Å². The largest absolute Gasteiger partial charge is 0.744 e. The van der Waals surface area contributed by atoms with E-state index in [1.807, 2.05) is 0 Å². The number of rotatable bonds is 3. The molecule has 0 fully saturated rings. The van der Waals surface area contributed by atoms with Crippen LogP contribution in [0.3, 0.4) is 0 Å². The van der Waals surface area contributed by atoms with Crippen LogP contribution in [0.1, 0.15) is 6.92 Å². The summed E-state index contributed by atoms with van der Waals surface area (Å²) in [6.45, 7) is 2.22. The highest BCUT2D eigenvalue weighted by atomic mass is 32.2. The topological polar surface area (TPSA) is 79.3 Å². The smallest absolute Gasteiger partial charge is 0.213 e. The van der Waals surface area contributed by atoms with Gasteiger partial charge in [0.2, 0.25) is 5.88 Å². The quantitative estimate of drug-likeness (QED) is 0.774. The lowest BCUT2D eigenvalue weighted by Gasteiger charge is -2.11. The molecule has 0 aliphatic heterocycles. The van der Waals surface area contributed by atoms with Crippen LogP contribution in [-0.4, -0.2) is 24.6 Å². The summed E-state index contributed by atoms with van der Waals surface area (Å²) in [6, 6.07) is 5.94. The number of nitrogens with zero attached hydrogens (tertiary/aromatic N) is 1. The van der Waals surface area contributed by atoms with E-state index in [0.717, 1.165) is 0 Å². The Bertz CT molecular complexity index is 652. The summed E-state index contributed by atoms with van der Waals surface area (Å²) in [7, 11) is -4.49. The van der Waals surface area contributed by atoms with E-state index in [1.165, 1.54) is 24.4 Å². The van der Waals surface area contributed by atoms with Crippen LogP contribution < -0.4 is 4.74 Å². The van der Waals surface area contributed by atoms with Gasteiger partial charge in [0.15, 0.2) is 0 Å². The summed E-state index contributed by atoms with van der Waals surface area (Å²) in [5.41, 5.74) is 0. The fourth-order valence-corrected chi connectivity index (χ4v) is 2.26. The zero-order valence-electron chi connectivity index (χ0n) is 9.08. The summed E-state index contributed by atoms with van der Waals surface area (Å²) in [4.78, 5) is 3.75. The van der Waals surface area contributed by atoms with Crippen molar-refractivity contribution in [3.05, 3.63) is 30.5 Å². The van der Waals surface area contributed by atoms with E-state index in [1.54, 1.807) is 13.0 Å². The van der Waals surface area contributed by atoms with E-state index in [-0.39, 0.29) is 4.90 Å². The minimum absolute atomic E-state index is 0.252. The zero-order chi connectivity index (χ0) is 12.5. The summed E-state index contributed by atoms with van der Waals surface area (Å²) < 4.78 is 38.5. The Kier molecular flexibility index (Phi) is 2.99. The highest BCUT2D eigenvalue weighted by Gasteiger charge is 2.08. The van der Waals surface area contributed by atoms with Gasteiger partial charge in [-0.15, -0.1) is 0 Å². The third kappa shape index (κ3) is 2.37. The van der Waals surface area contributed by atoms with Crippen molar-refractivity contribution >= 4 is 20.9 Å². The average Bonchev–Trinajstić information content (AvgIpc) is 2.27. The highest BCUT2D eigenvalue weighted by Crippen LogP contribution is 2.25. The zero-order valence-corrected chi connectivity index (χ0v) is 9.90. The van der Waals surface area contributed by atoms with Crippen molar-refractivity contribution in [1.82, 2.24) is 4.98 Å². The van der Waals surface area contributed by atoms with Gasteiger partial charge in [0.1, 0.15) is 10.1 Å². The standard InChI is InChI=1S/C11H11NO4S/c1-2-16-11-6-9-8(7-12-11)4-3-5-10(9)17(13,14)15/h3-7H,2H2,1H3,(H,13,14,15)/p-1. The Labute approximate surface area is 98.8 Å². The molecule has 0 saturated carbocycles. The first-order valence-electron chi connectivity index (χ1n) is 5.00. The maximum Gasteiger partial charge on any atom is 0.213 e. The van der Waals surface area contributed by atoms with Gasteiger partial charge in [-0.1, -0.05) is 12.1 Å². The monoisotopic (exact) mass is 252 g/mol. The molecular formula is C11H10NO4S-. The Morgan fingerprint density at radius 2 is 2.18 bits per heavy atom. The Morgan fingerprint density at radius 1 is 1.41 bits per heavy atom. The number of aromatic nitrogens is 1. The lowest BCUT2D eigenvalue weighted by Crippen LogP contribution is -2.00. The predicted molar refractivity (Wildman–Crippen MR) is 60.9 cm³/mol. The molecule has 0 aliphatic carbocycles. The first-order valence-corrected chi connectivity index (χ1v) is 6.40. The fraction of sp³-hybridized carbons (Fsp3) is 0.182. The van der Waals surface area contributed by atoms with E-state index in [4.69, 9.17) is 4.74 Å². The molecule has 90 valence electrons. The lowest BCUT2D eigenvalue weighted by molar-refractivity contribution is 0.327. The maximum atomic E-state index is 11.1. The van der Waals surface area contributed by atoms with Crippen molar-refractivity contribution < 1.29 is 17.7 Å². The molecule has 0 N–H and O–H groups in total. The molecule has 0 atom stereocenters. The molecule has 2 rings (SSSR count). The molecule has 0 unspecified atom stereocenters. The van der Waals surface area contributed by atoms with Crippen molar-refractivity contribution in [3.63, 3.8) is 0 Å². The SMILES string of the molecule is CCOc1cc2c(S(=O)(=O)[O-])cccc2cn1. The molecule has 0 radical (unpaired) electrons. The second-order valence-electron chi connectivity index (χ2n) is 3.39. The van der Waals surface area contributed by atoms with Gasteiger partial charge in [0.25, 0.3) is 0 Å². The third-order valence-electron chi connectivity index (χ3n) is 2.26. The van der Waals surface area contributed by atoms with E-state index in [9.17, 15) is 13.0 Å². The predicted octanol–water partition coefficient (Wildman–Crippen LogP) is 1.54. The van der Waals surface area contributed by atoms with Crippen LogP contribution in [0.25, 0.3) is 10.8 Å². The van der Waals surface area contributed by atoms with E-state index < -0.39 is 10.1 Å². The van der Waals surface area contributed by atoms with Crippen molar-refractivity contribution in [2.24, 2.45) is 0 Å². The first kappa shape index (κ1) is 11.8. The third-order valence-corrected chi connectivity index (χ3v) is 3.15. The summed E-state index contributed by atoms with van der Waals surface area (Å²) in [5, 5.41) is 0.923. The van der Waals surface area contributed by atoms with E-state index in [2.05, 4.69) is 4.98 Å². The Morgan fingerprint density at radius 3 is 2.82 bits per heavy atom. The summed E-state index contributed by atoms with van der Waals surface area (Å²) in [6.07, 6.45) is 1.48. The molecule has 6 heteroatoms. The molecule has 0 spiro atoms. The number of hydrogen-bond acceptors (Lipinski definition) is 5. The van der Waals surface area contributed by atoms with Gasteiger partial charge in [0.05, 0.1) is 11.5 Å². The summed E-state index contributed by atoms with van der Waals surface area (Å²) >= 11 is 0. The number of pyridine rings is 1. The molecule has 5 nitrogen and oxygen atoms in total. The van der Waals surface area contributed by atoms with E-state index >= 15 is 0 Å². The van der Waals surface area contributed by atoms with Crippen LogP contribution in [0, 0.1) is 0 Å². The Balaban J connectivity index is 2.73. The second kappa shape index (κ2) is 4.31. The van der Waals surface area contributed by atoms with Crippen LogP contribution in [0.15, 0.2) is 35.4 Å². The first-order chi connectivity index (χ1) is 8.02.